The molecule has 1 aromatic heterocycles. The first-order chi connectivity index (χ1) is 5.34. The monoisotopic (exact) mass is 166 g/mol. The summed E-state index contributed by atoms with van der Waals surface area (Å²) in [5.74, 6) is 0.0109. The molecule has 0 aliphatic rings. The van der Waals surface area contributed by atoms with Gasteiger partial charge in [-0.05, 0) is 6.07 Å². The van der Waals surface area contributed by atoms with Crippen LogP contribution in [-0.4, -0.2) is 15.3 Å². The van der Waals surface area contributed by atoms with E-state index in [9.17, 15) is 4.55 Å². The standard InChI is InChI=1S/C7H6N2OS/c8-4-6-11(10)7-3-1-2-5-9-7/h1-3,5H,6H2. The highest BCUT2D eigenvalue weighted by Crippen LogP contribution is 2.04. The topological polar surface area (TPSA) is 59.7 Å². The van der Waals surface area contributed by atoms with Gasteiger partial charge in [0.2, 0.25) is 5.03 Å². The minimum atomic E-state index is -1.26. The van der Waals surface area contributed by atoms with Gasteiger partial charge in [0.05, 0.1) is 0 Å². The van der Waals surface area contributed by atoms with Crippen LogP contribution in [-0.2, 0) is 11.2 Å². The van der Waals surface area contributed by atoms with Gasteiger partial charge in [0, 0.05) is 23.4 Å². The van der Waals surface area contributed by atoms with Crippen molar-refractivity contribution in [1.29, 1.82) is 5.26 Å². The number of nitrogens with zero attached hydrogens (tertiary/aromatic N) is 2. The van der Waals surface area contributed by atoms with Crippen molar-refractivity contribution in [1.82, 2.24) is 4.98 Å². The van der Waals surface area contributed by atoms with Crippen molar-refractivity contribution in [2.24, 2.45) is 0 Å². The Labute approximate surface area is 67.9 Å². The third kappa shape index (κ3) is 2.22. The Hall–Kier alpha value is -1.05. The summed E-state index contributed by atoms with van der Waals surface area (Å²) >= 11 is -1.26. The van der Waals surface area contributed by atoms with Crippen LogP contribution in [0.2, 0.25) is 0 Å². The van der Waals surface area contributed by atoms with E-state index in [1.807, 2.05) is 6.07 Å². The highest BCUT2D eigenvalue weighted by Gasteiger charge is 2.09. The summed E-state index contributed by atoms with van der Waals surface area (Å²) in [5, 5.41) is 8.69. The molecule has 11 heavy (non-hydrogen) atoms. The van der Waals surface area contributed by atoms with Gasteiger partial charge in [-0.1, -0.05) is 6.07 Å². The van der Waals surface area contributed by atoms with Crippen molar-refractivity contribution in [3.63, 3.8) is 0 Å². The van der Waals surface area contributed by atoms with Crippen LogP contribution in [0.15, 0.2) is 29.4 Å². The highest BCUT2D eigenvalue weighted by atomic mass is 32.2. The van der Waals surface area contributed by atoms with Gasteiger partial charge in [-0.15, -0.1) is 0 Å². The molecule has 1 heterocycles. The molecular formula is C7H6N2OS. The molecular weight excluding hydrogens is 160 g/mol. The lowest BCUT2D eigenvalue weighted by atomic mass is 10.5. The molecule has 4 heteroatoms. The van der Waals surface area contributed by atoms with Crippen molar-refractivity contribution in [2.75, 3.05) is 5.75 Å². The first-order valence-electron chi connectivity index (χ1n) is 3.01. The van der Waals surface area contributed by atoms with Crippen LogP contribution in [0.4, 0.5) is 0 Å². The van der Waals surface area contributed by atoms with Crippen molar-refractivity contribution in [2.45, 2.75) is 5.03 Å². The van der Waals surface area contributed by atoms with Crippen LogP contribution in [0.5, 0.6) is 0 Å². The summed E-state index contributed by atoms with van der Waals surface area (Å²) in [6.45, 7) is 0. The third-order valence-corrected chi connectivity index (χ3v) is 2.17. The zero-order valence-corrected chi connectivity index (χ0v) is 6.54. The van der Waals surface area contributed by atoms with Crippen LogP contribution in [0, 0.1) is 11.3 Å². The Morgan fingerprint density at radius 2 is 2.45 bits per heavy atom. The molecule has 0 aliphatic carbocycles. The largest absolute Gasteiger partial charge is 0.609 e. The van der Waals surface area contributed by atoms with Crippen molar-refractivity contribution in [3.05, 3.63) is 24.4 Å². The van der Waals surface area contributed by atoms with Gasteiger partial charge in [-0.2, -0.15) is 5.26 Å². The van der Waals surface area contributed by atoms with Crippen LogP contribution < -0.4 is 0 Å². The van der Waals surface area contributed by atoms with E-state index in [-0.39, 0.29) is 5.75 Å². The van der Waals surface area contributed by atoms with Crippen LogP contribution in [0.3, 0.4) is 0 Å². The average molecular weight is 166 g/mol. The van der Waals surface area contributed by atoms with Crippen LogP contribution in [0.1, 0.15) is 0 Å². The van der Waals surface area contributed by atoms with E-state index in [1.165, 1.54) is 0 Å². The lowest BCUT2D eigenvalue weighted by Crippen LogP contribution is -2.06. The SMILES string of the molecule is N#CC[S+]([O-])c1ccccn1. The normalized spacial score (nSPS) is 12.0. The molecule has 0 N–H and O–H groups in total. The Morgan fingerprint density at radius 1 is 1.64 bits per heavy atom. The number of hydrogen-bond donors (Lipinski definition) is 0. The van der Waals surface area contributed by atoms with Gasteiger partial charge in [0.25, 0.3) is 0 Å². The summed E-state index contributed by atoms with van der Waals surface area (Å²) in [6.07, 6.45) is 1.56. The minimum Gasteiger partial charge on any atom is -0.609 e. The maximum absolute atomic E-state index is 11.1. The average Bonchev–Trinajstić information content (AvgIpc) is 2.07. The zero-order valence-electron chi connectivity index (χ0n) is 5.73. The first-order valence-corrected chi connectivity index (χ1v) is 4.33. The molecule has 1 rings (SSSR count). The Morgan fingerprint density at radius 3 is 3.00 bits per heavy atom. The number of rotatable bonds is 2. The quantitative estimate of drug-likeness (QED) is 0.608. The Bertz CT molecular complexity index is 257. The summed E-state index contributed by atoms with van der Waals surface area (Å²) in [5.41, 5.74) is 0. The van der Waals surface area contributed by atoms with Crippen molar-refractivity contribution >= 4 is 11.2 Å². The third-order valence-electron chi connectivity index (χ3n) is 1.07. The van der Waals surface area contributed by atoms with Gasteiger partial charge in [-0.3, -0.25) is 0 Å². The van der Waals surface area contributed by atoms with E-state index in [4.69, 9.17) is 5.26 Å². The molecule has 1 aromatic rings. The molecule has 3 nitrogen and oxygen atoms in total. The predicted molar refractivity (Wildman–Crippen MR) is 41.1 cm³/mol. The van der Waals surface area contributed by atoms with Gasteiger partial charge in [0.1, 0.15) is 6.07 Å². The molecule has 0 saturated carbocycles. The summed E-state index contributed by atoms with van der Waals surface area (Å²) < 4.78 is 11.1. The van der Waals surface area contributed by atoms with E-state index in [0.717, 1.165) is 0 Å². The fourth-order valence-electron chi connectivity index (χ4n) is 0.614. The zero-order chi connectivity index (χ0) is 8.10. The molecule has 56 valence electrons. The molecule has 0 fully saturated rings. The maximum Gasteiger partial charge on any atom is 0.245 e. The fourth-order valence-corrected chi connectivity index (χ4v) is 1.29. The van der Waals surface area contributed by atoms with Gasteiger partial charge in [-0.25, -0.2) is 4.98 Å². The second-order valence-electron chi connectivity index (χ2n) is 1.82. The van der Waals surface area contributed by atoms with E-state index >= 15 is 0 Å². The molecule has 1 unspecified atom stereocenters. The van der Waals surface area contributed by atoms with Crippen molar-refractivity contribution in [3.8, 4) is 6.07 Å². The lowest BCUT2D eigenvalue weighted by molar-refractivity contribution is 0.594. The van der Waals surface area contributed by atoms with Crippen LogP contribution >= 0.6 is 0 Å². The molecule has 1 atom stereocenters. The number of nitriles is 1. The fraction of sp³-hybridized carbons (Fsp3) is 0.143. The summed E-state index contributed by atoms with van der Waals surface area (Å²) in [4.78, 5) is 3.85. The van der Waals surface area contributed by atoms with E-state index in [2.05, 4.69) is 4.98 Å². The molecule has 0 bridgehead atoms. The molecule has 0 radical (unpaired) electrons. The number of pyridine rings is 1. The second-order valence-corrected chi connectivity index (χ2v) is 3.21. The second kappa shape index (κ2) is 3.96. The smallest absolute Gasteiger partial charge is 0.245 e. The number of hydrogen-bond acceptors (Lipinski definition) is 3. The predicted octanol–water partition coefficient (Wildman–Crippen LogP) is 0.713. The maximum atomic E-state index is 11.1. The molecule has 0 amide bonds. The van der Waals surface area contributed by atoms with E-state index in [1.54, 1.807) is 24.4 Å². The number of aromatic nitrogens is 1. The van der Waals surface area contributed by atoms with Gasteiger partial charge < -0.3 is 4.55 Å². The Balaban J connectivity index is 2.70. The van der Waals surface area contributed by atoms with Gasteiger partial charge >= 0.3 is 0 Å². The van der Waals surface area contributed by atoms with Crippen LogP contribution in [0.25, 0.3) is 0 Å². The summed E-state index contributed by atoms with van der Waals surface area (Å²) in [7, 11) is 0. The van der Waals surface area contributed by atoms with E-state index < -0.39 is 11.2 Å². The Kier molecular flexibility index (Phi) is 2.90. The minimum absolute atomic E-state index is 0.0109. The summed E-state index contributed by atoms with van der Waals surface area (Å²) in [6, 6.07) is 6.96. The molecule has 0 saturated heterocycles. The van der Waals surface area contributed by atoms with Gasteiger partial charge in [0.15, 0.2) is 5.75 Å². The highest BCUT2D eigenvalue weighted by molar-refractivity contribution is 7.91. The van der Waals surface area contributed by atoms with Crippen molar-refractivity contribution < 1.29 is 4.55 Å². The first kappa shape index (κ1) is 8.05. The molecule has 0 aromatic carbocycles. The van der Waals surface area contributed by atoms with E-state index in [0.29, 0.717) is 5.03 Å². The molecule has 0 spiro atoms. The lowest BCUT2D eigenvalue weighted by Gasteiger charge is -2.02. The molecule has 0 aliphatic heterocycles.